The summed E-state index contributed by atoms with van der Waals surface area (Å²) < 4.78 is 2.65. The second kappa shape index (κ2) is 6.41. The van der Waals surface area contributed by atoms with Gasteiger partial charge in [-0.3, -0.25) is 9.69 Å². The minimum absolute atomic E-state index is 0.0540. The summed E-state index contributed by atoms with van der Waals surface area (Å²) in [6.07, 6.45) is 4.00. The first-order valence-corrected chi connectivity index (χ1v) is 9.58. The molecule has 2 aromatic carbocycles. The van der Waals surface area contributed by atoms with Crippen molar-refractivity contribution in [2.24, 2.45) is 7.05 Å². The van der Waals surface area contributed by atoms with Crippen molar-refractivity contribution in [3.8, 4) is 0 Å². The number of aromatic nitrogens is 1. The highest BCUT2D eigenvalue weighted by molar-refractivity contribution is 8.27. The molecule has 1 saturated heterocycles. The molecule has 26 heavy (non-hydrogen) atoms. The molecule has 3 nitrogen and oxygen atoms in total. The lowest BCUT2D eigenvalue weighted by molar-refractivity contribution is -0.113. The van der Waals surface area contributed by atoms with Crippen LogP contribution in [-0.2, 0) is 11.8 Å². The van der Waals surface area contributed by atoms with Gasteiger partial charge in [0.2, 0.25) is 0 Å². The Morgan fingerprint density at radius 3 is 2.65 bits per heavy atom. The van der Waals surface area contributed by atoms with Crippen LogP contribution < -0.4 is 4.90 Å². The Labute approximate surface area is 162 Å². The molecule has 1 amide bonds. The normalized spacial score (nSPS) is 16.3. The first kappa shape index (κ1) is 17.1. The van der Waals surface area contributed by atoms with Crippen molar-refractivity contribution in [3.63, 3.8) is 0 Å². The molecular formula is C21H18N2OS2. The van der Waals surface area contributed by atoms with Crippen LogP contribution in [0.25, 0.3) is 17.0 Å². The second-order valence-corrected chi connectivity index (χ2v) is 8.12. The molecule has 1 aliphatic rings. The van der Waals surface area contributed by atoms with Crippen LogP contribution in [-0.4, -0.2) is 14.8 Å². The summed E-state index contributed by atoms with van der Waals surface area (Å²) in [5.41, 5.74) is 5.27. The molecule has 2 heterocycles. The van der Waals surface area contributed by atoms with Gasteiger partial charge in [0.15, 0.2) is 4.32 Å². The summed E-state index contributed by atoms with van der Waals surface area (Å²) in [4.78, 5) is 15.4. The first-order chi connectivity index (χ1) is 12.5. The third-order valence-electron chi connectivity index (χ3n) is 4.83. The van der Waals surface area contributed by atoms with E-state index in [1.807, 2.05) is 57.3 Å². The quantitative estimate of drug-likeness (QED) is 0.453. The minimum Gasteiger partial charge on any atom is -0.350 e. The average molecular weight is 379 g/mol. The van der Waals surface area contributed by atoms with Gasteiger partial charge in [0, 0.05) is 29.7 Å². The van der Waals surface area contributed by atoms with Gasteiger partial charge >= 0.3 is 0 Å². The zero-order valence-electron chi connectivity index (χ0n) is 14.8. The molecule has 0 N–H and O–H groups in total. The summed E-state index contributed by atoms with van der Waals surface area (Å²) in [6, 6.07) is 14.1. The number of anilines is 1. The van der Waals surface area contributed by atoms with E-state index < -0.39 is 0 Å². The van der Waals surface area contributed by atoms with Gasteiger partial charge in [0.1, 0.15) is 0 Å². The fourth-order valence-corrected chi connectivity index (χ4v) is 4.56. The number of thioether (sulfide) groups is 1. The summed E-state index contributed by atoms with van der Waals surface area (Å²) in [6.45, 7) is 4.07. The van der Waals surface area contributed by atoms with Gasteiger partial charge in [0.05, 0.1) is 10.6 Å². The van der Waals surface area contributed by atoms with E-state index in [1.54, 1.807) is 4.90 Å². The lowest BCUT2D eigenvalue weighted by Crippen LogP contribution is -2.28. The van der Waals surface area contributed by atoms with Crippen molar-refractivity contribution >= 4 is 56.9 Å². The molecule has 0 bridgehead atoms. The van der Waals surface area contributed by atoms with E-state index in [2.05, 4.69) is 22.9 Å². The zero-order valence-corrected chi connectivity index (χ0v) is 16.4. The van der Waals surface area contributed by atoms with Crippen LogP contribution in [0.1, 0.15) is 16.7 Å². The largest absolute Gasteiger partial charge is 0.350 e. The summed E-state index contributed by atoms with van der Waals surface area (Å²) in [7, 11) is 2.01. The molecule has 1 fully saturated rings. The Hall–Kier alpha value is -2.37. The molecule has 1 aliphatic heterocycles. The van der Waals surface area contributed by atoms with Crippen LogP contribution in [0.15, 0.2) is 53.6 Å². The van der Waals surface area contributed by atoms with E-state index in [1.165, 1.54) is 11.8 Å². The number of rotatable bonds is 2. The van der Waals surface area contributed by atoms with E-state index in [-0.39, 0.29) is 5.91 Å². The molecule has 130 valence electrons. The van der Waals surface area contributed by atoms with Crippen molar-refractivity contribution in [2.45, 2.75) is 13.8 Å². The van der Waals surface area contributed by atoms with Gasteiger partial charge in [-0.05, 0) is 43.2 Å². The van der Waals surface area contributed by atoms with Crippen molar-refractivity contribution in [1.82, 2.24) is 4.57 Å². The number of nitrogens with zero attached hydrogens (tertiary/aromatic N) is 2. The number of carbonyl (C=O) groups is 1. The maximum absolute atomic E-state index is 13.1. The number of aryl methyl sites for hydroxylation is 2. The standard InChI is InChI=1S/C21H18N2OS2/c1-13-7-6-10-17(14(13)2)23-20(24)19(26-21(23)25)11-15-12-22(3)18-9-5-4-8-16(15)18/h4-12H,1-3H3/b19-11-. The highest BCUT2D eigenvalue weighted by Gasteiger charge is 2.34. The van der Waals surface area contributed by atoms with E-state index >= 15 is 0 Å². The number of benzene rings is 2. The Kier molecular flexibility index (Phi) is 4.21. The Balaban J connectivity index is 1.77. The molecule has 4 rings (SSSR count). The SMILES string of the molecule is Cc1cccc(N2C(=O)/C(=C/c3cn(C)c4ccccc34)SC2=S)c1C. The Bertz CT molecular complexity index is 1090. The van der Waals surface area contributed by atoms with Crippen LogP contribution in [0.3, 0.4) is 0 Å². The number of fused-ring (bicyclic) bond motifs is 1. The number of hydrogen-bond donors (Lipinski definition) is 0. The van der Waals surface area contributed by atoms with E-state index in [9.17, 15) is 4.79 Å². The van der Waals surface area contributed by atoms with E-state index in [4.69, 9.17) is 12.2 Å². The van der Waals surface area contributed by atoms with Gasteiger partial charge in [-0.25, -0.2) is 0 Å². The number of thiocarbonyl (C=S) groups is 1. The third kappa shape index (κ3) is 2.68. The highest BCUT2D eigenvalue weighted by Crippen LogP contribution is 2.38. The van der Waals surface area contributed by atoms with E-state index in [0.29, 0.717) is 9.23 Å². The fraction of sp³-hybridized carbons (Fsp3) is 0.143. The number of carbonyl (C=O) groups excluding carboxylic acids is 1. The molecule has 0 radical (unpaired) electrons. The maximum atomic E-state index is 13.1. The number of hydrogen-bond acceptors (Lipinski definition) is 3. The Morgan fingerprint density at radius 1 is 1.08 bits per heavy atom. The second-order valence-electron chi connectivity index (χ2n) is 6.45. The number of para-hydroxylation sites is 1. The summed E-state index contributed by atoms with van der Waals surface area (Å²) in [5.74, 6) is -0.0540. The van der Waals surface area contributed by atoms with Gasteiger partial charge in [-0.1, -0.05) is 54.3 Å². The van der Waals surface area contributed by atoms with Crippen LogP contribution >= 0.6 is 24.0 Å². The van der Waals surface area contributed by atoms with Crippen LogP contribution in [0.2, 0.25) is 0 Å². The molecule has 3 aromatic rings. The monoisotopic (exact) mass is 378 g/mol. The molecule has 0 atom stereocenters. The van der Waals surface area contributed by atoms with Crippen molar-refractivity contribution < 1.29 is 4.79 Å². The average Bonchev–Trinajstić information content (AvgIpc) is 3.08. The zero-order chi connectivity index (χ0) is 18.4. The Morgan fingerprint density at radius 2 is 1.85 bits per heavy atom. The molecule has 5 heteroatoms. The smallest absolute Gasteiger partial charge is 0.270 e. The molecule has 1 aromatic heterocycles. The molecular weight excluding hydrogens is 360 g/mol. The van der Waals surface area contributed by atoms with Gasteiger partial charge in [-0.2, -0.15) is 0 Å². The molecule has 0 unspecified atom stereocenters. The van der Waals surface area contributed by atoms with Crippen molar-refractivity contribution in [1.29, 1.82) is 0 Å². The minimum atomic E-state index is -0.0540. The fourth-order valence-electron chi connectivity index (χ4n) is 3.28. The van der Waals surface area contributed by atoms with Crippen molar-refractivity contribution in [3.05, 3.63) is 70.3 Å². The topological polar surface area (TPSA) is 25.2 Å². The van der Waals surface area contributed by atoms with Crippen LogP contribution in [0.4, 0.5) is 5.69 Å². The predicted octanol–water partition coefficient (Wildman–Crippen LogP) is 5.20. The number of amides is 1. The van der Waals surface area contributed by atoms with E-state index in [0.717, 1.165) is 33.3 Å². The van der Waals surface area contributed by atoms with Crippen molar-refractivity contribution in [2.75, 3.05) is 4.90 Å². The van der Waals surface area contributed by atoms with Gasteiger partial charge < -0.3 is 4.57 Å². The molecule has 0 aliphatic carbocycles. The third-order valence-corrected chi connectivity index (χ3v) is 6.13. The predicted molar refractivity (Wildman–Crippen MR) is 114 cm³/mol. The maximum Gasteiger partial charge on any atom is 0.270 e. The van der Waals surface area contributed by atoms with Gasteiger partial charge in [-0.15, -0.1) is 0 Å². The summed E-state index contributed by atoms with van der Waals surface area (Å²) >= 11 is 6.88. The molecule has 0 saturated carbocycles. The lowest BCUT2D eigenvalue weighted by atomic mass is 10.1. The first-order valence-electron chi connectivity index (χ1n) is 8.35. The highest BCUT2D eigenvalue weighted by atomic mass is 32.2. The molecule has 0 spiro atoms. The van der Waals surface area contributed by atoms with Crippen LogP contribution in [0, 0.1) is 13.8 Å². The summed E-state index contributed by atoms with van der Waals surface area (Å²) in [5, 5.41) is 1.13. The van der Waals surface area contributed by atoms with Crippen LogP contribution in [0.5, 0.6) is 0 Å². The lowest BCUT2D eigenvalue weighted by Gasteiger charge is -2.18. The van der Waals surface area contributed by atoms with Gasteiger partial charge in [0.25, 0.3) is 5.91 Å².